The van der Waals surface area contributed by atoms with Crippen LogP contribution in [0.3, 0.4) is 0 Å². The first-order chi connectivity index (χ1) is 20.5. The van der Waals surface area contributed by atoms with Gasteiger partial charge in [-0.15, -0.1) is 0 Å². The first kappa shape index (κ1) is 31.7. The average Bonchev–Trinajstić information content (AvgIpc) is 3.82. The van der Waals surface area contributed by atoms with Crippen LogP contribution < -0.4 is 10.1 Å². The number of hydrogen-bond donors (Lipinski definition) is 1. The largest absolute Gasteiger partial charge is 0.477 e. The fourth-order valence-electron chi connectivity index (χ4n) is 4.51. The number of aromatic nitrogens is 2. The van der Waals surface area contributed by atoms with Crippen molar-refractivity contribution in [2.75, 3.05) is 39.4 Å². The van der Waals surface area contributed by atoms with Gasteiger partial charge in [-0.2, -0.15) is 4.98 Å². The van der Waals surface area contributed by atoms with Gasteiger partial charge in [0.1, 0.15) is 17.3 Å². The molecule has 12 nitrogen and oxygen atoms in total. The monoisotopic (exact) mass is 595 g/mol. The molecule has 1 aliphatic carbocycles. The molecule has 2 fully saturated rings. The maximum Gasteiger partial charge on any atom is 0.409 e. The van der Waals surface area contributed by atoms with Crippen LogP contribution in [0.25, 0.3) is 11.4 Å². The minimum absolute atomic E-state index is 0.0270. The number of ether oxygens (including phenoxy) is 3. The Hall–Kier alpha value is -4.22. The normalized spacial score (nSPS) is 15.8. The summed E-state index contributed by atoms with van der Waals surface area (Å²) >= 11 is 0. The average molecular weight is 596 g/mol. The van der Waals surface area contributed by atoms with E-state index in [1.165, 1.54) is 11.0 Å². The third-order valence-corrected chi connectivity index (χ3v) is 6.91. The molecule has 12 heteroatoms. The molecule has 3 amide bonds. The molecule has 0 radical (unpaired) electrons. The molecule has 4 rings (SSSR count). The van der Waals surface area contributed by atoms with Gasteiger partial charge in [0.25, 0.3) is 5.91 Å². The third-order valence-electron chi connectivity index (χ3n) is 6.91. The molecule has 1 aliphatic heterocycles. The van der Waals surface area contributed by atoms with Crippen LogP contribution in [0.1, 0.15) is 63.9 Å². The lowest BCUT2D eigenvalue weighted by Gasteiger charge is -2.36. The summed E-state index contributed by atoms with van der Waals surface area (Å²) in [6.07, 6.45) is 1.71. The van der Waals surface area contributed by atoms with E-state index in [0.29, 0.717) is 37.0 Å². The molecule has 0 spiro atoms. The smallest absolute Gasteiger partial charge is 0.409 e. The Kier molecular flexibility index (Phi) is 10.5. The molecule has 1 atom stereocenters. The highest BCUT2D eigenvalue weighted by molar-refractivity contribution is 5.96. The Morgan fingerprint density at radius 2 is 1.67 bits per heavy atom. The molecule has 43 heavy (non-hydrogen) atoms. The van der Waals surface area contributed by atoms with Crippen molar-refractivity contribution < 1.29 is 33.4 Å². The number of nitrogens with one attached hydrogen (secondary N) is 1. The molecule has 0 bridgehead atoms. The predicted molar refractivity (Wildman–Crippen MR) is 157 cm³/mol. The van der Waals surface area contributed by atoms with Crippen molar-refractivity contribution in [3.8, 4) is 17.3 Å². The van der Waals surface area contributed by atoms with Crippen molar-refractivity contribution >= 4 is 23.9 Å². The van der Waals surface area contributed by atoms with Crippen molar-refractivity contribution in [1.29, 1.82) is 0 Å². The van der Waals surface area contributed by atoms with E-state index in [4.69, 9.17) is 14.2 Å². The lowest BCUT2D eigenvalue weighted by molar-refractivity contribution is -0.155. The number of hydrogen-bond acceptors (Lipinski definition) is 9. The second kappa shape index (κ2) is 14.3. The molecule has 1 unspecified atom stereocenters. The Labute approximate surface area is 252 Å². The van der Waals surface area contributed by atoms with Gasteiger partial charge in [-0.3, -0.25) is 14.4 Å². The summed E-state index contributed by atoms with van der Waals surface area (Å²) in [5.74, 6) is -0.350. The summed E-state index contributed by atoms with van der Waals surface area (Å²) in [7, 11) is 0. The Morgan fingerprint density at radius 1 is 1.00 bits per heavy atom. The highest BCUT2D eigenvalue weighted by Gasteiger charge is 2.32. The zero-order valence-electron chi connectivity index (χ0n) is 25.3. The molecule has 1 N–H and O–H groups in total. The van der Waals surface area contributed by atoms with Crippen LogP contribution in [0.4, 0.5) is 4.79 Å². The quantitative estimate of drug-likeness (QED) is 0.387. The molecular weight excluding hydrogens is 554 g/mol. The van der Waals surface area contributed by atoms with Crippen LogP contribution >= 0.6 is 0 Å². The van der Waals surface area contributed by atoms with Gasteiger partial charge in [0, 0.05) is 44.2 Å². The number of carbonyl (C=O) groups is 4. The van der Waals surface area contributed by atoms with Crippen molar-refractivity contribution in [2.45, 2.75) is 65.0 Å². The van der Waals surface area contributed by atoms with Crippen molar-refractivity contribution in [3.05, 3.63) is 42.1 Å². The fourth-order valence-corrected chi connectivity index (χ4v) is 4.51. The van der Waals surface area contributed by atoms with E-state index in [2.05, 4.69) is 15.3 Å². The molecule has 2 aliphatic rings. The number of nitrogens with zero attached hydrogens (tertiary/aromatic N) is 4. The number of carbonyl (C=O) groups excluding carboxylic acids is 4. The summed E-state index contributed by atoms with van der Waals surface area (Å²) in [4.78, 5) is 64.0. The van der Waals surface area contributed by atoms with Gasteiger partial charge in [0.2, 0.25) is 11.8 Å². The van der Waals surface area contributed by atoms with Gasteiger partial charge in [-0.05, 0) is 52.9 Å². The van der Waals surface area contributed by atoms with Crippen LogP contribution in [0.2, 0.25) is 0 Å². The van der Waals surface area contributed by atoms with Crippen LogP contribution in [-0.2, 0) is 19.1 Å². The van der Waals surface area contributed by atoms with E-state index in [1.54, 1.807) is 32.6 Å². The van der Waals surface area contributed by atoms with Crippen LogP contribution in [0.15, 0.2) is 36.4 Å². The van der Waals surface area contributed by atoms with E-state index in [1.807, 2.05) is 30.3 Å². The standard InChI is InChI=1S/C31H41N5O7/c1-5-41-30(40)36-17-15-35(16-18-36)29(39)23(13-14-26(37)43-31(2,3)4)33-28(38)24-19-25(42-20-21-11-12-21)34-27(32-24)22-9-7-6-8-10-22/h6-10,19,21,23H,5,11-18,20H2,1-4H3,(H,33,38). The lowest BCUT2D eigenvalue weighted by Crippen LogP contribution is -2.56. The van der Waals surface area contributed by atoms with Gasteiger partial charge < -0.3 is 29.3 Å². The van der Waals surface area contributed by atoms with Crippen molar-refractivity contribution in [3.63, 3.8) is 0 Å². The van der Waals surface area contributed by atoms with Gasteiger partial charge in [-0.25, -0.2) is 9.78 Å². The fraction of sp³-hybridized carbons (Fsp3) is 0.548. The first-order valence-electron chi connectivity index (χ1n) is 14.8. The molecule has 1 saturated heterocycles. The van der Waals surface area contributed by atoms with E-state index < -0.39 is 29.6 Å². The minimum Gasteiger partial charge on any atom is -0.477 e. The highest BCUT2D eigenvalue weighted by Crippen LogP contribution is 2.29. The molecule has 1 aromatic carbocycles. The molecule has 1 saturated carbocycles. The Balaban J connectivity index is 1.52. The van der Waals surface area contributed by atoms with Crippen molar-refractivity contribution in [1.82, 2.24) is 25.1 Å². The minimum atomic E-state index is -1.03. The van der Waals surface area contributed by atoms with E-state index in [0.717, 1.165) is 12.8 Å². The van der Waals surface area contributed by atoms with Gasteiger partial charge >= 0.3 is 12.1 Å². The molecule has 232 valence electrons. The lowest BCUT2D eigenvalue weighted by atomic mass is 10.1. The maximum atomic E-state index is 13.7. The second-order valence-electron chi connectivity index (χ2n) is 11.7. The summed E-state index contributed by atoms with van der Waals surface area (Å²) in [5, 5.41) is 2.80. The molecule has 1 aromatic heterocycles. The van der Waals surface area contributed by atoms with Crippen LogP contribution in [-0.4, -0.2) is 94.7 Å². The van der Waals surface area contributed by atoms with Gasteiger partial charge in [0.15, 0.2) is 5.82 Å². The number of rotatable bonds is 11. The van der Waals surface area contributed by atoms with E-state index in [9.17, 15) is 19.2 Å². The van der Waals surface area contributed by atoms with Crippen LogP contribution in [0, 0.1) is 5.92 Å². The maximum absolute atomic E-state index is 13.7. The zero-order chi connectivity index (χ0) is 31.0. The third kappa shape index (κ3) is 9.65. The first-order valence-corrected chi connectivity index (χ1v) is 14.8. The molecule has 2 aromatic rings. The predicted octanol–water partition coefficient (Wildman–Crippen LogP) is 3.45. The zero-order valence-corrected chi connectivity index (χ0v) is 25.3. The number of esters is 1. The Morgan fingerprint density at radius 3 is 2.30 bits per heavy atom. The van der Waals surface area contributed by atoms with E-state index in [-0.39, 0.29) is 50.0 Å². The van der Waals surface area contributed by atoms with Crippen molar-refractivity contribution in [2.24, 2.45) is 5.92 Å². The summed E-state index contributed by atoms with van der Waals surface area (Å²) < 4.78 is 16.4. The second-order valence-corrected chi connectivity index (χ2v) is 11.7. The molecule has 2 heterocycles. The van der Waals surface area contributed by atoms with Gasteiger partial charge in [0.05, 0.1) is 13.2 Å². The Bertz CT molecular complexity index is 1290. The topological polar surface area (TPSA) is 140 Å². The summed E-state index contributed by atoms with van der Waals surface area (Å²) in [5.41, 5.74) is 0.0712. The highest BCUT2D eigenvalue weighted by atomic mass is 16.6. The van der Waals surface area contributed by atoms with E-state index >= 15 is 0 Å². The molecular formula is C31H41N5O7. The number of benzene rings is 1. The number of amides is 3. The number of piperazine rings is 1. The van der Waals surface area contributed by atoms with Crippen LogP contribution in [0.5, 0.6) is 5.88 Å². The summed E-state index contributed by atoms with van der Waals surface area (Å²) in [6, 6.07) is 9.69. The van der Waals surface area contributed by atoms with Gasteiger partial charge in [-0.1, -0.05) is 30.3 Å². The SMILES string of the molecule is CCOC(=O)N1CCN(C(=O)C(CCC(=O)OC(C)(C)C)NC(=O)c2cc(OCC3CC3)nc(-c3ccccc3)n2)CC1. The summed E-state index contributed by atoms with van der Waals surface area (Å²) in [6.45, 7) is 8.92.